The highest BCUT2D eigenvalue weighted by molar-refractivity contribution is 4.81. The Bertz CT molecular complexity index is 130. The molecule has 1 heterocycles. The third kappa shape index (κ3) is 3.28. The van der Waals surface area contributed by atoms with Gasteiger partial charge >= 0.3 is 0 Å². The Morgan fingerprint density at radius 3 is 2.62 bits per heavy atom. The highest BCUT2D eigenvalue weighted by atomic mass is 16.5. The maximum atomic E-state index is 5.28. The molecule has 0 bridgehead atoms. The number of ether oxygens (including phenoxy) is 1. The molecule has 1 aliphatic rings. The summed E-state index contributed by atoms with van der Waals surface area (Å²) in [6, 6.07) is 0.689. The second kappa shape index (κ2) is 5.61. The summed E-state index contributed by atoms with van der Waals surface area (Å²) in [5.41, 5.74) is 0. The van der Waals surface area contributed by atoms with Gasteiger partial charge in [-0.05, 0) is 31.2 Å². The van der Waals surface area contributed by atoms with Crippen molar-refractivity contribution in [3.05, 3.63) is 0 Å². The van der Waals surface area contributed by atoms with Crippen LogP contribution in [0.3, 0.4) is 0 Å². The van der Waals surface area contributed by atoms with Crippen LogP contribution in [0.5, 0.6) is 0 Å². The minimum Gasteiger partial charge on any atom is -0.384 e. The van der Waals surface area contributed by atoms with Crippen molar-refractivity contribution in [2.45, 2.75) is 39.2 Å². The molecule has 0 radical (unpaired) electrons. The smallest absolute Gasteiger partial charge is 0.0507 e. The van der Waals surface area contributed by atoms with Gasteiger partial charge in [0.1, 0.15) is 0 Å². The van der Waals surface area contributed by atoms with E-state index >= 15 is 0 Å². The van der Waals surface area contributed by atoms with E-state index in [4.69, 9.17) is 4.74 Å². The molecule has 2 atom stereocenters. The van der Waals surface area contributed by atoms with Gasteiger partial charge in [0.15, 0.2) is 0 Å². The van der Waals surface area contributed by atoms with Gasteiger partial charge in [-0.25, -0.2) is 0 Å². The lowest BCUT2D eigenvalue weighted by Gasteiger charge is -2.33. The molecule has 0 amide bonds. The molecule has 1 N–H and O–H groups in total. The number of piperidine rings is 1. The number of hydrogen-bond donors (Lipinski definition) is 1. The van der Waals surface area contributed by atoms with Crippen molar-refractivity contribution in [1.29, 1.82) is 0 Å². The largest absolute Gasteiger partial charge is 0.384 e. The predicted molar refractivity (Wildman–Crippen MR) is 55.8 cm³/mol. The molecule has 2 nitrogen and oxygen atoms in total. The van der Waals surface area contributed by atoms with Crippen molar-refractivity contribution in [1.82, 2.24) is 5.32 Å². The zero-order valence-corrected chi connectivity index (χ0v) is 9.18. The molecule has 2 unspecified atom stereocenters. The van der Waals surface area contributed by atoms with Crippen LogP contribution < -0.4 is 5.32 Å². The van der Waals surface area contributed by atoms with Gasteiger partial charge in [-0.1, -0.05) is 20.3 Å². The molecule has 1 aliphatic heterocycles. The van der Waals surface area contributed by atoms with Crippen LogP contribution in [0.25, 0.3) is 0 Å². The molecule has 0 aromatic heterocycles. The normalized spacial score (nSPS) is 26.3. The third-order valence-corrected chi connectivity index (χ3v) is 3.08. The Morgan fingerprint density at radius 1 is 1.38 bits per heavy atom. The lowest BCUT2D eigenvalue weighted by atomic mass is 9.85. The van der Waals surface area contributed by atoms with Crippen LogP contribution >= 0.6 is 0 Å². The van der Waals surface area contributed by atoms with E-state index in [1.54, 1.807) is 7.11 Å². The average molecular weight is 185 g/mol. The van der Waals surface area contributed by atoms with Gasteiger partial charge in [-0.15, -0.1) is 0 Å². The Balaban J connectivity index is 2.41. The van der Waals surface area contributed by atoms with E-state index in [-0.39, 0.29) is 0 Å². The van der Waals surface area contributed by atoms with Crippen LogP contribution in [0.15, 0.2) is 0 Å². The number of hydrogen-bond acceptors (Lipinski definition) is 2. The van der Waals surface area contributed by atoms with Gasteiger partial charge in [0.2, 0.25) is 0 Å². The predicted octanol–water partition coefficient (Wildman–Crippen LogP) is 2.05. The van der Waals surface area contributed by atoms with Gasteiger partial charge in [-0.3, -0.25) is 0 Å². The molecule has 2 heteroatoms. The van der Waals surface area contributed by atoms with Crippen molar-refractivity contribution in [3.8, 4) is 0 Å². The first-order valence-corrected chi connectivity index (χ1v) is 5.48. The summed E-state index contributed by atoms with van der Waals surface area (Å²) in [4.78, 5) is 0. The summed E-state index contributed by atoms with van der Waals surface area (Å²) in [7, 11) is 1.80. The van der Waals surface area contributed by atoms with Gasteiger partial charge in [-0.2, -0.15) is 0 Å². The van der Waals surface area contributed by atoms with Crippen molar-refractivity contribution in [2.24, 2.45) is 11.8 Å². The van der Waals surface area contributed by atoms with Crippen molar-refractivity contribution >= 4 is 0 Å². The van der Waals surface area contributed by atoms with Gasteiger partial charge in [0.25, 0.3) is 0 Å². The zero-order chi connectivity index (χ0) is 9.68. The maximum absolute atomic E-state index is 5.28. The van der Waals surface area contributed by atoms with Gasteiger partial charge < -0.3 is 10.1 Å². The summed E-state index contributed by atoms with van der Waals surface area (Å²) < 4.78 is 5.28. The van der Waals surface area contributed by atoms with Crippen LogP contribution in [-0.2, 0) is 4.74 Å². The molecule has 0 aromatic carbocycles. The number of methoxy groups -OCH3 is 1. The lowest BCUT2D eigenvalue weighted by Crippen LogP contribution is -2.43. The van der Waals surface area contributed by atoms with Crippen LogP contribution in [0.2, 0.25) is 0 Å². The van der Waals surface area contributed by atoms with E-state index in [0.717, 1.165) is 12.5 Å². The van der Waals surface area contributed by atoms with Crippen LogP contribution in [0.1, 0.15) is 33.1 Å². The van der Waals surface area contributed by atoms with Gasteiger partial charge in [0.05, 0.1) is 6.61 Å². The number of nitrogens with one attached hydrogen (secondary N) is 1. The fraction of sp³-hybridized carbons (Fsp3) is 1.00. The Labute approximate surface area is 82.0 Å². The van der Waals surface area contributed by atoms with Crippen LogP contribution in [-0.4, -0.2) is 26.3 Å². The monoisotopic (exact) mass is 185 g/mol. The maximum Gasteiger partial charge on any atom is 0.0507 e. The van der Waals surface area contributed by atoms with E-state index in [0.29, 0.717) is 12.0 Å². The minimum absolute atomic E-state index is 0.685. The average Bonchev–Trinajstić information content (AvgIpc) is 2.15. The molecule has 1 saturated heterocycles. The minimum atomic E-state index is 0.685. The third-order valence-electron chi connectivity index (χ3n) is 3.08. The molecule has 0 aliphatic carbocycles. The highest BCUT2D eigenvalue weighted by Crippen LogP contribution is 2.22. The van der Waals surface area contributed by atoms with Crippen molar-refractivity contribution in [3.63, 3.8) is 0 Å². The Kier molecular flexibility index (Phi) is 4.74. The zero-order valence-electron chi connectivity index (χ0n) is 9.18. The second-order valence-corrected chi connectivity index (χ2v) is 4.42. The van der Waals surface area contributed by atoms with E-state index < -0.39 is 0 Å². The number of rotatable bonds is 4. The van der Waals surface area contributed by atoms with Crippen molar-refractivity contribution in [2.75, 3.05) is 20.3 Å². The van der Waals surface area contributed by atoms with E-state index in [2.05, 4.69) is 19.2 Å². The summed E-state index contributed by atoms with van der Waals surface area (Å²) in [6.45, 7) is 6.67. The molecule has 0 aromatic rings. The van der Waals surface area contributed by atoms with Crippen molar-refractivity contribution < 1.29 is 4.74 Å². The SMILES string of the molecule is COCC(C(C)C)C1CCCCN1. The molecule has 1 rings (SSSR count). The molecule has 0 saturated carbocycles. The molecule has 0 spiro atoms. The summed E-state index contributed by atoms with van der Waals surface area (Å²) in [5, 5.41) is 3.61. The first-order valence-electron chi connectivity index (χ1n) is 5.48. The molecule has 13 heavy (non-hydrogen) atoms. The summed E-state index contributed by atoms with van der Waals surface area (Å²) >= 11 is 0. The Hall–Kier alpha value is -0.0800. The van der Waals surface area contributed by atoms with E-state index in [9.17, 15) is 0 Å². The second-order valence-electron chi connectivity index (χ2n) is 4.42. The van der Waals surface area contributed by atoms with E-state index in [1.807, 2.05) is 0 Å². The summed E-state index contributed by atoms with van der Waals surface area (Å²) in [6.07, 6.45) is 4.05. The molecular formula is C11H23NO. The molecular weight excluding hydrogens is 162 g/mol. The quantitative estimate of drug-likeness (QED) is 0.723. The van der Waals surface area contributed by atoms with Crippen LogP contribution in [0, 0.1) is 11.8 Å². The highest BCUT2D eigenvalue weighted by Gasteiger charge is 2.25. The standard InChI is InChI=1S/C11H23NO/c1-9(2)10(8-13-3)11-6-4-5-7-12-11/h9-12H,4-8H2,1-3H3. The first-order chi connectivity index (χ1) is 6.25. The van der Waals surface area contributed by atoms with E-state index in [1.165, 1.54) is 25.8 Å². The lowest BCUT2D eigenvalue weighted by molar-refractivity contribution is 0.0957. The Morgan fingerprint density at radius 2 is 2.15 bits per heavy atom. The van der Waals surface area contributed by atoms with Gasteiger partial charge in [0, 0.05) is 13.2 Å². The molecule has 78 valence electrons. The van der Waals surface area contributed by atoms with Crippen LogP contribution in [0.4, 0.5) is 0 Å². The topological polar surface area (TPSA) is 21.3 Å². The first kappa shape index (κ1) is 11.0. The summed E-state index contributed by atoms with van der Waals surface area (Å²) in [5.74, 6) is 1.40. The fourth-order valence-corrected chi connectivity index (χ4v) is 2.21. The molecule has 1 fully saturated rings. The fourth-order valence-electron chi connectivity index (χ4n) is 2.21.